The van der Waals surface area contributed by atoms with E-state index in [1.54, 1.807) is 11.0 Å². The molecule has 0 fully saturated rings. The molecule has 1 atom stereocenters. The van der Waals surface area contributed by atoms with E-state index in [1.807, 2.05) is 36.4 Å². The van der Waals surface area contributed by atoms with Gasteiger partial charge in [0.25, 0.3) is 0 Å². The monoisotopic (exact) mass is 401 g/mol. The summed E-state index contributed by atoms with van der Waals surface area (Å²) in [5.41, 5.74) is 3.05. The van der Waals surface area contributed by atoms with Crippen LogP contribution in [0, 0.1) is 0 Å². The van der Waals surface area contributed by atoms with Crippen LogP contribution < -0.4 is 10.6 Å². The maximum atomic E-state index is 5.39. The number of aromatic nitrogens is 3. The standard InChI is InChI=1S/C17H16BrN5S/c1-12(21-17(24)22-15-4-2-3-14(18)9-15)13-5-7-16(8-6-13)23-11-19-10-20-23/h2-12H,1H3,(H2,21,22,24)/t12-/m1/s1. The predicted molar refractivity (Wildman–Crippen MR) is 103 cm³/mol. The fraction of sp³-hybridized carbons (Fsp3) is 0.118. The highest BCUT2D eigenvalue weighted by Crippen LogP contribution is 2.17. The molecular weight excluding hydrogens is 386 g/mol. The predicted octanol–water partition coefficient (Wildman–Crippen LogP) is 4.08. The SMILES string of the molecule is C[C@@H](NC(=S)Nc1cccc(Br)c1)c1ccc(-n2cncn2)cc1. The summed E-state index contributed by atoms with van der Waals surface area (Å²) >= 11 is 8.83. The van der Waals surface area contributed by atoms with Crippen molar-refractivity contribution < 1.29 is 0 Å². The van der Waals surface area contributed by atoms with Crippen molar-refractivity contribution in [2.24, 2.45) is 0 Å². The second-order valence-electron chi connectivity index (χ2n) is 5.26. The summed E-state index contributed by atoms with van der Waals surface area (Å²) in [7, 11) is 0. The van der Waals surface area contributed by atoms with Crippen molar-refractivity contribution in [2.45, 2.75) is 13.0 Å². The van der Waals surface area contributed by atoms with Crippen molar-refractivity contribution in [2.75, 3.05) is 5.32 Å². The Morgan fingerprint density at radius 3 is 2.67 bits per heavy atom. The highest BCUT2D eigenvalue weighted by atomic mass is 79.9. The fourth-order valence-corrected chi connectivity index (χ4v) is 2.96. The van der Waals surface area contributed by atoms with E-state index >= 15 is 0 Å². The van der Waals surface area contributed by atoms with Crippen LogP contribution in [0.4, 0.5) is 5.69 Å². The van der Waals surface area contributed by atoms with E-state index in [0.29, 0.717) is 5.11 Å². The molecule has 0 saturated heterocycles. The number of halogens is 1. The first-order valence-electron chi connectivity index (χ1n) is 7.40. The van der Waals surface area contributed by atoms with E-state index in [4.69, 9.17) is 12.2 Å². The molecule has 0 unspecified atom stereocenters. The van der Waals surface area contributed by atoms with Crippen LogP contribution >= 0.6 is 28.1 Å². The normalized spacial score (nSPS) is 11.8. The maximum Gasteiger partial charge on any atom is 0.171 e. The van der Waals surface area contributed by atoms with E-state index in [2.05, 4.69) is 55.7 Å². The van der Waals surface area contributed by atoms with Gasteiger partial charge in [0.1, 0.15) is 12.7 Å². The number of benzene rings is 2. The third-order valence-electron chi connectivity index (χ3n) is 3.51. The lowest BCUT2D eigenvalue weighted by atomic mass is 10.1. The third-order valence-corrected chi connectivity index (χ3v) is 4.22. The molecule has 122 valence electrons. The van der Waals surface area contributed by atoms with Crippen molar-refractivity contribution in [3.8, 4) is 5.69 Å². The second kappa shape index (κ2) is 7.55. The average molecular weight is 402 g/mol. The molecule has 1 aromatic heterocycles. The molecule has 0 aliphatic carbocycles. The molecule has 0 saturated carbocycles. The lowest BCUT2D eigenvalue weighted by Gasteiger charge is -2.18. The number of anilines is 1. The van der Waals surface area contributed by atoms with Crippen molar-refractivity contribution in [1.29, 1.82) is 0 Å². The number of nitrogens with one attached hydrogen (secondary N) is 2. The van der Waals surface area contributed by atoms with Crippen LogP contribution in [0.15, 0.2) is 65.7 Å². The van der Waals surface area contributed by atoms with Gasteiger partial charge in [-0.1, -0.05) is 34.1 Å². The van der Waals surface area contributed by atoms with Crippen LogP contribution in [0.3, 0.4) is 0 Å². The molecule has 7 heteroatoms. The van der Waals surface area contributed by atoms with Gasteiger partial charge < -0.3 is 10.6 Å². The molecule has 0 aliphatic heterocycles. The van der Waals surface area contributed by atoms with Gasteiger partial charge in [0.05, 0.1) is 11.7 Å². The average Bonchev–Trinajstić information content (AvgIpc) is 3.09. The van der Waals surface area contributed by atoms with Gasteiger partial charge in [0.2, 0.25) is 0 Å². The molecule has 2 aromatic carbocycles. The van der Waals surface area contributed by atoms with Crippen molar-refractivity contribution >= 4 is 38.9 Å². The molecule has 0 radical (unpaired) electrons. The summed E-state index contributed by atoms with van der Waals surface area (Å²) < 4.78 is 2.73. The smallest absolute Gasteiger partial charge is 0.171 e. The highest BCUT2D eigenvalue weighted by molar-refractivity contribution is 9.10. The topological polar surface area (TPSA) is 54.8 Å². The van der Waals surface area contributed by atoms with Crippen LogP contribution in [0.5, 0.6) is 0 Å². The minimum absolute atomic E-state index is 0.0851. The fourth-order valence-electron chi connectivity index (χ4n) is 2.27. The van der Waals surface area contributed by atoms with Gasteiger partial charge in [0, 0.05) is 10.2 Å². The first-order valence-corrected chi connectivity index (χ1v) is 8.60. The Morgan fingerprint density at radius 2 is 2.00 bits per heavy atom. The van der Waals surface area contributed by atoms with Gasteiger partial charge in [0.15, 0.2) is 5.11 Å². The minimum Gasteiger partial charge on any atom is -0.356 e. The zero-order valence-electron chi connectivity index (χ0n) is 13.0. The lowest BCUT2D eigenvalue weighted by Crippen LogP contribution is -2.30. The molecular formula is C17H16BrN5S. The molecule has 5 nitrogen and oxygen atoms in total. The summed E-state index contributed by atoms with van der Waals surface area (Å²) in [4.78, 5) is 3.95. The van der Waals surface area contributed by atoms with Crippen molar-refractivity contribution in [3.63, 3.8) is 0 Å². The zero-order valence-corrected chi connectivity index (χ0v) is 15.4. The van der Waals surface area contributed by atoms with Gasteiger partial charge in [-0.05, 0) is 55.0 Å². The summed E-state index contributed by atoms with van der Waals surface area (Å²) in [5.74, 6) is 0. The van der Waals surface area contributed by atoms with E-state index in [-0.39, 0.29) is 6.04 Å². The Kier molecular flexibility index (Phi) is 5.22. The number of hydrogen-bond donors (Lipinski definition) is 2. The Morgan fingerprint density at radius 1 is 1.21 bits per heavy atom. The zero-order chi connectivity index (χ0) is 16.9. The largest absolute Gasteiger partial charge is 0.356 e. The number of thiocarbonyl (C=S) groups is 1. The molecule has 3 rings (SSSR count). The Hall–Kier alpha value is -2.25. The summed E-state index contributed by atoms with van der Waals surface area (Å²) in [6, 6.07) is 16.1. The summed E-state index contributed by atoms with van der Waals surface area (Å²) in [6.07, 6.45) is 3.19. The van der Waals surface area contributed by atoms with E-state index in [9.17, 15) is 0 Å². The third kappa shape index (κ3) is 4.18. The molecule has 0 spiro atoms. The van der Waals surface area contributed by atoms with Gasteiger partial charge >= 0.3 is 0 Å². The molecule has 24 heavy (non-hydrogen) atoms. The van der Waals surface area contributed by atoms with Gasteiger partial charge in [-0.3, -0.25) is 0 Å². The quantitative estimate of drug-likeness (QED) is 0.645. The van der Waals surface area contributed by atoms with E-state index in [0.717, 1.165) is 21.4 Å². The number of rotatable bonds is 4. The Balaban J connectivity index is 1.62. The van der Waals surface area contributed by atoms with Crippen LogP contribution in [0.2, 0.25) is 0 Å². The Bertz CT molecular complexity index is 817. The second-order valence-corrected chi connectivity index (χ2v) is 6.59. The summed E-state index contributed by atoms with van der Waals surface area (Å²) in [5, 5.41) is 11.2. The molecule has 3 aromatic rings. The molecule has 0 aliphatic rings. The van der Waals surface area contributed by atoms with E-state index < -0.39 is 0 Å². The van der Waals surface area contributed by atoms with Crippen molar-refractivity contribution in [3.05, 3.63) is 71.2 Å². The van der Waals surface area contributed by atoms with E-state index in [1.165, 1.54) is 6.33 Å². The highest BCUT2D eigenvalue weighted by Gasteiger charge is 2.08. The maximum absolute atomic E-state index is 5.39. The van der Waals surface area contributed by atoms with Gasteiger partial charge in [-0.15, -0.1) is 0 Å². The first-order chi connectivity index (χ1) is 11.6. The molecule has 0 amide bonds. The molecule has 1 heterocycles. The van der Waals surface area contributed by atoms with Gasteiger partial charge in [-0.25, -0.2) is 9.67 Å². The first kappa shape index (κ1) is 16.6. The Labute approximate surface area is 154 Å². The van der Waals surface area contributed by atoms with Crippen LogP contribution in [0.1, 0.15) is 18.5 Å². The van der Waals surface area contributed by atoms with Gasteiger partial charge in [-0.2, -0.15) is 5.10 Å². The summed E-state index contributed by atoms with van der Waals surface area (Å²) in [6.45, 7) is 2.07. The molecule has 0 bridgehead atoms. The molecule has 2 N–H and O–H groups in total. The number of nitrogens with zero attached hydrogens (tertiary/aromatic N) is 3. The van der Waals surface area contributed by atoms with Crippen LogP contribution in [-0.4, -0.2) is 19.9 Å². The lowest BCUT2D eigenvalue weighted by molar-refractivity contribution is 0.721. The number of hydrogen-bond acceptors (Lipinski definition) is 3. The minimum atomic E-state index is 0.0851. The van der Waals surface area contributed by atoms with Crippen LogP contribution in [-0.2, 0) is 0 Å². The van der Waals surface area contributed by atoms with Crippen molar-refractivity contribution in [1.82, 2.24) is 20.1 Å². The van der Waals surface area contributed by atoms with Crippen LogP contribution in [0.25, 0.3) is 5.69 Å².